The minimum Gasteiger partial charge on any atom is -0.352 e. The van der Waals surface area contributed by atoms with Gasteiger partial charge in [-0.2, -0.15) is 4.31 Å². The smallest absolute Gasteiger partial charge is 0.243 e. The molecular formula is C19H33IN4O2S. The van der Waals surface area contributed by atoms with Crippen molar-refractivity contribution in [1.82, 2.24) is 14.9 Å². The molecular weight excluding hydrogens is 475 g/mol. The van der Waals surface area contributed by atoms with E-state index < -0.39 is 10.0 Å². The van der Waals surface area contributed by atoms with Crippen molar-refractivity contribution in [2.75, 3.05) is 20.1 Å². The summed E-state index contributed by atoms with van der Waals surface area (Å²) in [5.74, 6) is 1.14. The molecule has 1 aliphatic rings. The molecule has 1 aromatic rings. The molecule has 1 aliphatic heterocycles. The van der Waals surface area contributed by atoms with Gasteiger partial charge in [0.15, 0.2) is 5.96 Å². The van der Waals surface area contributed by atoms with Gasteiger partial charge in [0.1, 0.15) is 0 Å². The molecule has 1 fully saturated rings. The van der Waals surface area contributed by atoms with Gasteiger partial charge >= 0.3 is 0 Å². The number of piperidine rings is 1. The first-order valence-corrected chi connectivity index (χ1v) is 10.6. The third kappa shape index (κ3) is 7.23. The fraction of sp³-hybridized carbons (Fsp3) is 0.632. The number of hydrogen-bond donors (Lipinski definition) is 2. The molecule has 1 aromatic carbocycles. The minimum absolute atomic E-state index is 0. The van der Waals surface area contributed by atoms with Gasteiger partial charge in [-0.1, -0.05) is 19.1 Å². The number of halogens is 1. The molecule has 2 N–H and O–H groups in total. The zero-order valence-electron chi connectivity index (χ0n) is 16.9. The van der Waals surface area contributed by atoms with E-state index in [1.807, 2.05) is 12.1 Å². The SMILES string of the molecule is CN=C(NCc1ccc(S(=O)(=O)N2CCCC(C)C2)cc1)NC(C)(C)C.I. The van der Waals surface area contributed by atoms with Crippen molar-refractivity contribution in [1.29, 1.82) is 0 Å². The van der Waals surface area contributed by atoms with Crippen LogP contribution in [0.25, 0.3) is 0 Å². The van der Waals surface area contributed by atoms with E-state index in [0.717, 1.165) is 24.4 Å². The van der Waals surface area contributed by atoms with Crippen LogP contribution < -0.4 is 10.6 Å². The summed E-state index contributed by atoms with van der Waals surface area (Å²) < 4.78 is 27.2. The van der Waals surface area contributed by atoms with Crippen LogP contribution in [0.2, 0.25) is 0 Å². The second-order valence-corrected chi connectivity index (χ2v) is 9.99. The number of benzene rings is 1. The van der Waals surface area contributed by atoms with Crippen molar-refractivity contribution >= 4 is 40.0 Å². The predicted molar refractivity (Wildman–Crippen MR) is 122 cm³/mol. The number of nitrogens with one attached hydrogen (secondary N) is 2. The lowest BCUT2D eigenvalue weighted by molar-refractivity contribution is 0.281. The highest BCUT2D eigenvalue weighted by atomic mass is 127. The van der Waals surface area contributed by atoms with E-state index in [2.05, 4.69) is 43.3 Å². The van der Waals surface area contributed by atoms with Gasteiger partial charge in [0.25, 0.3) is 0 Å². The average Bonchev–Trinajstić information content (AvgIpc) is 2.58. The van der Waals surface area contributed by atoms with Crippen molar-refractivity contribution in [3.8, 4) is 0 Å². The Morgan fingerprint density at radius 3 is 2.41 bits per heavy atom. The van der Waals surface area contributed by atoms with Crippen molar-refractivity contribution in [3.05, 3.63) is 29.8 Å². The van der Waals surface area contributed by atoms with E-state index in [0.29, 0.717) is 30.4 Å². The van der Waals surface area contributed by atoms with Crippen LogP contribution in [0.3, 0.4) is 0 Å². The number of rotatable bonds is 4. The quantitative estimate of drug-likeness (QED) is 0.372. The molecule has 1 atom stereocenters. The molecule has 0 aromatic heterocycles. The summed E-state index contributed by atoms with van der Waals surface area (Å²) in [6.45, 7) is 10.1. The maximum Gasteiger partial charge on any atom is 0.243 e. The fourth-order valence-electron chi connectivity index (χ4n) is 3.01. The third-order valence-electron chi connectivity index (χ3n) is 4.36. The van der Waals surface area contributed by atoms with Crippen LogP contribution in [0.4, 0.5) is 0 Å². The van der Waals surface area contributed by atoms with E-state index in [4.69, 9.17) is 0 Å². The second kappa shape index (κ2) is 10.1. The van der Waals surface area contributed by atoms with Gasteiger partial charge < -0.3 is 10.6 Å². The van der Waals surface area contributed by atoms with Gasteiger partial charge in [0.2, 0.25) is 10.0 Å². The van der Waals surface area contributed by atoms with Gasteiger partial charge in [0.05, 0.1) is 4.90 Å². The Bertz CT molecular complexity index is 727. The monoisotopic (exact) mass is 508 g/mol. The lowest BCUT2D eigenvalue weighted by atomic mass is 10.0. The third-order valence-corrected chi connectivity index (χ3v) is 6.24. The van der Waals surface area contributed by atoms with Crippen LogP contribution in [-0.4, -0.2) is 44.4 Å². The number of aliphatic imine (C=N–C) groups is 1. The number of nitrogens with zero attached hydrogens (tertiary/aromatic N) is 2. The fourth-order valence-corrected chi connectivity index (χ4v) is 4.61. The Balaban J connectivity index is 0.00000364. The van der Waals surface area contributed by atoms with Gasteiger partial charge in [-0.15, -0.1) is 24.0 Å². The average molecular weight is 508 g/mol. The summed E-state index contributed by atoms with van der Waals surface area (Å²) in [4.78, 5) is 4.57. The van der Waals surface area contributed by atoms with Crippen molar-refractivity contribution in [3.63, 3.8) is 0 Å². The molecule has 2 rings (SSSR count). The summed E-state index contributed by atoms with van der Waals surface area (Å²) in [6.07, 6.45) is 2.03. The molecule has 1 unspecified atom stereocenters. The molecule has 0 bridgehead atoms. The summed E-state index contributed by atoms with van der Waals surface area (Å²) in [6, 6.07) is 7.12. The summed E-state index contributed by atoms with van der Waals surface area (Å²) >= 11 is 0. The van der Waals surface area contributed by atoms with Crippen molar-refractivity contribution < 1.29 is 8.42 Å². The lowest BCUT2D eigenvalue weighted by Crippen LogP contribution is -2.47. The highest BCUT2D eigenvalue weighted by Gasteiger charge is 2.28. The van der Waals surface area contributed by atoms with Gasteiger partial charge in [-0.05, 0) is 57.2 Å². The van der Waals surface area contributed by atoms with Gasteiger partial charge in [-0.3, -0.25) is 4.99 Å². The largest absolute Gasteiger partial charge is 0.352 e. The number of sulfonamides is 1. The van der Waals surface area contributed by atoms with E-state index in [9.17, 15) is 8.42 Å². The Labute approximate surface area is 181 Å². The van der Waals surface area contributed by atoms with E-state index in [1.165, 1.54) is 0 Å². The van der Waals surface area contributed by atoms with Crippen LogP contribution in [0.5, 0.6) is 0 Å². The van der Waals surface area contributed by atoms with E-state index >= 15 is 0 Å². The molecule has 6 nitrogen and oxygen atoms in total. The lowest BCUT2D eigenvalue weighted by Gasteiger charge is -2.30. The molecule has 0 aliphatic carbocycles. The van der Waals surface area contributed by atoms with Crippen molar-refractivity contribution in [2.24, 2.45) is 10.9 Å². The molecule has 8 heteroatoms. The molecule has 1 heterocycles. The maximum absolute atomic E-state index is 12.8. The zero-order chi connectivity index (χ0) is 19.4. The first-order chi connectivity index (χ1) is 12.1. The standard InChI is InChI=1S/C19H32N4O2S.HI/c1-15-7-6-12-23(14-15)26(24,25)17-10-8-16(9-11-17)13-21-18(20-5)22-19(2,3)4;/h8-11,15H,6-7,12-14H2,1-5H3,(H2,20,21,22);1H. The van der Waals surface area contributed by atoms with E-state index in [-0.39, 0.29) is 29.5 Å². The maximum atomic E-state index is 12.8. The zero-order valence-corrected chi connectivity index (χ0v) is 20.1. The Morgan fingerprint density at radius 1 is 1.26 bits per heavy atom. The number of guanidine groups is 1. The highest BCUT2D eigenvalue weighted by molar-refractivity contribution is 14.0. The Morgan fingerprint density at radius 2 is 1.89 bits per heavy atom. The van der Waals surface area contributed by atoms with Gasteiger partial charge in [-0.25, -0.2) is 8.42 Å². The van der Waals surface area contributed by atoms with Crippen LogP contribution in [0, 0.1) is 5.92 Å². The van der Waals surface area contributed by atoms with E-state index in [1.54, 1.807) is 23.5 Å². The molecule has 27 heavy (non-hydrogen) atoms. The summed E-state index contributed by atoms with van der Waals surface area (Å²) in [5.41, 5.74) is 0.929. The second-order valence-electron chi connectivity index (χ2n) is 8.06. The molecule has 0 radical (unpaired) electrons. The van der Waals surface area contributed by atoms with Crippen LogP contribution in [0.1, 0.15) is 46.1 Å². The summed E-state index contributed by atoms with van der Waals surface area (Å²) in [7, 11) is -1.66. The summed E-state index contributed by atoms with van der Waals surface area (Å²) in [5, 5.41) is 6.54. The Hall–Kier alpha value is -0.870. The number of hydrogen-bond acceptors (Lipinski definition) is 3. The highest BCUT2D eigenvalue weighted by Crippen LogP contribution is 2.23. The van der Waals surface area contributed by atoms with Crippen LogP contribution >= 0.6 is 24.0 Å². The minimum atomic E-state index is -3.39. The Kier molecular flexibility index (Phi) is 9.01. The van der Waals surface area contributed by atoms with Crippen LogP contribution in [0.15, 0.2) is 34.2 Å². The first-order valence-electron chi connectivity index (χ1n) is 9.20. The molecule has 0 saturated carbocycles. The topological polar surface area (TPSA) is 73.8 Å². The predicted octanol–water partition coefficient (Wildman–Crippen LogP) is 3.19. The molecule has 0 amide bonds. The van der Waals surface area contributed by atoms with Crippen LogP contribution in [-0.2, 0) is 16.6 Å². The normalized spacial score (nSPS) is 19.3. The first kappa shape index (κ1) is 24.2. The molecule has 1 saturated heterocycles. The molecule has 154 valence electrons. The van der Waals surface area contributed by atoms with Crippen molar-refractivity contribution in [2.45, 2.75) is 57.5 Å². The van der Waals surface area contributed by atoms with Gasteiger partial charge in [0, 0.05) is 32.2 Å². The molecule has 0 spiro atoms.